The number of sulfone groups is 1. The number of aliphatic hydroxyl groups excluding tert-OH is 1. The maximum absolute atomic E-state index is 12.7. The van der Waals surface area contributed by atoms with Crippen molar-refractivity contribution in [2.75, 3.05) is 21.5 Å². The number of aliphatic hydroxyl groups is 1. The van der Waals surface area contributed by atoms with Crippen molar-refractivity contribution < 1.29 is 21.9 Å². The van der Waals surface area contributed by atoms with Gasteiger partial charge in [0, 0.05) is 11.4 Å². The average molecular weight is 465 g/mol. The van der Waals surface area contributed by atoms with E-state index in [1.54, 1.807) is 36.4 Å². The van der Waals surface area contributed by atoms with Crippen LogP contribution in [0.3, 0.4) is 0 Å². The number of sulfonamides is 1. The Hall–Kier alpha value is -2.10. The Balaban J connectivity index is 1.40. The molecule has 4 rings (SSSR count). The van der Waals surface area contributed by atoms with Gasteiger partial charge in [-0.15, -0.1) is 0 Å². The number of hydrogen-bond acceptors (Lipinski definition) is 6. The lowest BCUT2D eigenvalue weighted by Crippen LogP contribution is -2.31. The van der Waals surface area contributed by atoms with E-state index >= 15 is 0 Å². The molecule has 2 aliphatic rings. The van der Waals surface area contributed by atoms with Crippen molar-refractivity contribution in [1.29, 1.82) is 0 Å². The maximum Gasteiger partial charge on any atom is 0.261 e. The molecule has 2 aromatic carbocycles. The van der Waals surface area contributed by atoms with Gasteiger partial charge in [0.15, 0.2) is 9.84 Å². The van der Waals surface area contributed by atoms with Gasteiger partial charge >= 0.3 is 0 Å². The topological polar surface area (TPSA) is 113 Å². The molecule has 31 heavy (non-hydrogen) atoms. The molecule has 1 heterocycles. The summed E-state index contributed by atoms with van der Waals surface area (Å²) in [6, 6.07) is 13.1. The molecule has 1 aliphatic carbocycles. The molecule has 0 bridgehead atoms. The summed E-state index contributed by atoms with van der Waals surface area (Å²) < 4.78 is 51.3. The standard InChI is InChI=1S/C22H28N2O5S2/c25-22-15-30(26,27)14-21(22)23-18-8-10-19(11-9-18)24-31(28,29)20-12-6-17(7-13-20)16-4-2-1-3-5-16/h6-13,16,21-25H,1-5,14-15H2/t21-,22+/m0/s1. The van der Waals surface area contributed by atoms with Gasteiger partial charge in [0.1, 0.15) is 0 Å². The van der Waals surface area contributed by atoms with Gasteiger partial charge in [-0.25, -0.2) is 16.8 Å². The van der Waals surface area contributed by atoms with E-state index in [1.165, 1.54) is 24.8 Å². The molecule has 1 saturated heterocycles. The van der Waals surface area contributed by atoms with Gasteiger partial charge in [0.25, 0.3) is 10.0 Å². The molecule has 168 valence electrons. The third-order valence-electron chi connectivity index (χ3n) is 6.08. The monoisotopic (exact) mass is 464 g/mol. The minimum Gasteiger partial charge on any atom is -0.390 e. The van der Waals surface area contributed by atoms with Crippen molar-refractivity contribution in [2.45, 2.75) is 55.1 Å². The van der Waals surface area contributed by atoms with Crippen molar-refractivity contribution in [1.82, 2.24) is 0 Å². The number of rotatable bonds is 6. The van der Waals surface area contributed by atoms with Gasteiger partial charge in [-0.2, -0.15) is 0 Å². The molecule has 0 amide bonds. The van der Waals surface area contributed by atoms with Crippen LogP contribution in [0.25, 0.3) is 0 Å². The normalized spacial score (nSPS) is 24.0. The predicted octanol–water partition coefficient (Wildman–Crippen LogP) is 3.10. The van der Waals surface area contributed by atoms with Crippen LogP contribution in [0.4, 0.5) is 11.4 Å². The summed E-state index contributed by atoms with van der Waals surface area (Å²) in [5, 5.41) is 12.9. The highest BCUT2D eigenvalue weighted by Gasteiger charge is 2.36. The van der Waals surface area contributed by atoms with Gasteiger partial charge in [-0.1, -0.05) is 31.4 Å². The lowest BCUT2D eigenvalue weighted by Gasteiger charge is -2.22. The minimum atomic E-state index is -3.71. The number of anilines is 2. The quantitative estimate of drug-likeness (QED) is 0.606. The third kappa shape index (κ3) is 5.39. The van der Waals surface area contributed by atoms with Crippen LogP contribution in [0, 0.1) is 0 Å². The summed E-state index contributed by atoms with van der Waals surface area (Å²) in [6.45, 7) is 0. The molecule has 0 radical (unpaired) electrons. The molecular formula is C22H28N2O5S2. The fourth-order valence-corrected chi connectivity index (χ4v) is 7.18. The first-order valence-electron chi connectivity index (χ1n) is 10.6. The predicted molar refractivity (Wildman–Crippen MR) is 122 cm³/mol. The zero-order valence-electron chi connectivity index (χ0n) is 17.2. The molecule has 0 spiro atoms. The molecule has 7 nitrogen and oxygen atoms in total. The van der Waals surface area contributed by atoms with Crippen molar-refractivity contribution in [3.05, 3.63) is 54.1 Å². The SMILES string of the molecule is O=S1(=O)C[C@@H](O)[C@@H](Nc2ccc(NS(=O)(=O)c3ccc(C4CCCCC4)cc3)cc2)C1. The Morgan fingerprint density at radius 1 is 0.839 bits per heavy atom. The summed E-state index contributed by atoms with van der Waals surface area (Å²) >= 11 is 0. The highest BCUT2D eigenvalue weighted by atomic mass is 32.2. The highest BCUT2D eigenvalue weighted by Crippen LogP contribution is 2.33. The van der Waals surface area contributed by atoms with Crippen LogP contribution in [0.15, 0.2) is 53.4 Å². The molecule has 2 aromatic rings. The van der Waals surface area contributed by atoms with Crippen LogP contribution in [0.2, 0.25) is 0 Å². The average Bonchev–Trinajstić information content (AvgIpc) is 3.01. The van der Waals surface area contributed by atoms with E-state index in [4.69, 9.17) is 0 Å². The van der Waals surface area contributed by atoms with Gasteiger partial charge < -0.3 is 10.4 Å². The van der Waals surface area contributed by atoms with E-state index in [0.29, 0.717) is 17.3 Å². The lowest BCUT2D eigenvalue weighted by molar-refractivity contribution is 0.190. The number of hydrogen-bond donors (Lipinski definition) is 3. The molecule has 2 fully saturated rings. The molecule has 0 aromatic heterocycles. The zero-order chi connectivity index (χ0) is 22.1. The summed E-state index contributed by atoms with van der Waals surface area (Å²) in [5.41, 5.74) is 2.22. The van der Waals surface area contributed by atoms with Gasteiger partial charge in [0.05, 0.1) is 28.5 Å². The van der Waals surface area contributed by atoms with Gasteiger partial charge in [0.2, 0.25) is 0 Å². The Bertz CT molecular complexity index is 1110. The van der Waals surface area contributed by atoms with Crippen molar-refractivity contribution in [3.8, 4) is 0 Å². The first kappa shape index (κ1) is 22.1. The van der Waals surface area contributed by atoms with E-state index in [1.807, 2.05) is 12.1 Å². The fraction of sp³-hybridized carbons (Fsp3) is 0.455. The van der Waals surface area contributed by atoms with Crippen molar-refractivity contribution in [3.63, 3.8) is 0 Å². The first-order chi connectivity index (χ1) is 14.7. The molecule has 1 aliphatic heterocycles. The fourth-order valence-electron chi connectivity index (χ4n) is 4.38. The Kier molecular flexibility index (Phi) is 6.27. The highest BCUT2D eigenvalue weighted by molar-refractivity contribution is 7.92. The molecule has 0 unspecified atom stereocenters. The van der Waals surface area contributed by atoms with Crippen LogP contribution in [0.1, 0.15) is 43.6 Å². The first-order valence-corrected chi connectivity index (χ1v) is 13.9. The summed E-state index contributed by atoms with van der Waals surface area (Å²) in [4.78, 5) is 0.216. The van der Waals surface area contributed by atoms with Crippen LogP contribution in [-0.2, 0) is 19.9 Å². The molecule has 2 atom stereocenters. The summed E-state index contributed by atoms with van der Waals surface area (Å²) in [5.74, 6) is 0.147. The lowest BCUT2D eigenvalue weighted by atomic mass is 9.84. The van der Waals surface area contributed by atoms with Crippen molar-refractivity contribution in [2.24, 2.45) is 0 Å². The largest absolute Gasteiger partial charge is 0.390 e. The smallest absolute Gasteiger partial charge is 0.261 e. The van der Waals surface area contributed by atoms with E-state index in [-0.39, 0.29) is 16.4 Å². The van der Waals surface area contributed by atoms with Gasteiger partial charge in [-0.05, 0) is 60.7 Å². The molecule has 1 saturated carbocycles. The van der Waals surface area contributed by atoms with Crippen LogP contribution in [0.5, 0.6) is 0 Å². The molecule has 3 N–H and O–H groups in total. The van der Waals surface area contributed by atoms with E-state index in [2.05, 4.69) is 10.0 Å². The zero-order valence-corrected chi connectivity index (χ0v) is 18.8. The van der Waals surface area contributed by atoms with Crippen LogP contribution >= 0.6 is 0 Å². The number of nitrogens with one attached hydrogen (secondary N) is 2. The van der Waals surface area contributed by atoms with Gasteiger partial charge in [-0.3, -0.25) is 4.72 Å². The number of benzene rings is 2. The van der Waals surface area contributed by atoms with Crippen LogP contribution in [-0.4, -0.2) is 45.6 Å². The van der Waals surface area contributed by atoms with E-state index < -0.39 is 32.0 Å². The Morgan fingerprint density at radius 3 is 2.03 bits per heavy atom. The second kappa shape index (κ2) is 8.80. The van der Waals surface area contributed by atoms with E-state index in [0.717, 1.165) is 12.8 Å². The second-order valence-electron chi connectivity index (χ2n) is 8.48. The Labute approximate surface area is 183 Å². The van der Waals surface area contributed by atoms with Crippen LogP contribution < -0.4 is 10.0 Å². The molecular weight excluding hydrogens is 436 g/mol. The summed E-state index contributed by atoms with van der Waals surface area (Å²) in [7, 11) is -6.95. The van der Waals surface area contributed by atoms with E-state index in [9.17, 15) is 21.9 Å². The summed E-state index contributed by atoms with van der Waals surface area (Å²) in [6.07, 6.45) is 5.10. The maximum atomic E-state index is 12.7. The van der Waals surface area contributed by atoms with Crippen molar-refractivity contribution >= 4 is 31.2 Å². The molecule has 9 heteroatoms. The second-order valence-corrected chi connectivity index (χ2v) is 12.3. The minimum absolute atomic E-state index is 0.126. The third-order valence-corrected chi connectivity index (χ3v) is 9.19. The Morgan fingerprint density at radius 2 is 1.45 bits per heavy atom.